The number of nitrogens with zero attached hydrogens (tertiary/aromatic N) is 3. The number of piperidine rings is 1. The Bertz CT molecular complexity index is 1070. The van der Waals surface area contributed by atoms with Crippen molar-refractivity contribution >= 4 is 23.7 Å². The summed E-state index contributed by atoms with van der Waals surface area (Å²) in [6.45, 7) is 1.89. The van der Waals surface area contributed by atoms with E-state index in [0.29, 0.717) is 43.1 Å². The Morgan fingerprint density at radius 2 is 1.59 bits per heavy atom. The van der Waals surface area contributed by atoms with Gasteiger partial charge in [-0.1, -0.05) is 42.5 Å². The van der Waals surface area contributed by atoms with E-state index in [4.69, 9.17) is 4.84 Å². The Labute approximate surface area is 199 Å². The number of carbonyl (C=O) groups excluding carboxylic acids is 4. The summed E-state index contributed by atoms with van der Waals surface area (Å²) in [6, 6.07) is 15.9. The molecule has 0 bridgehead atoms. The summed E-state index contributed by atoms with van der Waals surface area (Å²) in [7, 11) is 3.49. The molecular formula is C26H29N3O5. The molecule has 0 aromatic heterocycles. The lowest BCUT2D eigenvalue weighted by atomic mass is 9.95. The minimum Gasteiger partial charge on any atom is -0.345 e. The standard InChI is InChI=1S/C26H29N3O5/c1-27(2)25(32)22-16-20(18-6-4-3-5-7-18)8-9-21(22)17-28-14-12-19(13-15-28)26(33)34-29-23(30)10-11-24(29)31/h3-9,16,19H,10-15,17H2,1-2H3. The van der Waals surface area contributed by atoms with Crippen LogP contribution in [0.2, 0.25) is 0 Å². The maximum Gasteiger partial charge on any atom is 0.336 e. The first-order valence-electron chi connectivity index (χ1n) is 11.5. The molecule has 2 aliphatic rings. The van der Waals surface area contributed by atoms with E-state index >= 15 is 0 Å². The van der Waals surface area contributed by atoms with Crippen molar-refractivity contribution < 1.29 is 24.0 Å². The molecule has 0 N–H and O–H groups in total. The molecule has 178 valence electrons. The highest BCUT2D eigenvalue weighted by molar-refractivity contribution is 6.01. The predicted molar refractivity (Wildman–Crippen MR) is 125 cm³/mol. The molecule has 2 aromatic carbocycles. The minimum atomic E-state index is -0.529. The van der Waals surface area contributed by atoms with E-state index in [1.54, 1.807) is 19.0 Å². The number of rotatable bonds is 6. The highest BCUT2D eigenvalue weighted by Gasteiger charge is 2.36. The average Bonchev–Trinajstić information content (AvgIpc) is 3.16. The summed E-state index contributed by atoms with van der Waals surface area (Å²) in [5.74, 6) is -1.87. The smallest absolute Gasteiger partial charge is 0.336 e. The topological polar surface area (TPSA) is 87.2 Å². The van der Waals surface area contributed by atoms with E-state index in [1.807, 2.05) is 48.5 Å². The Balaban J connectivity index is 1.42. The van der Waals surface area contributed by atoms with Gasteiger partial charge in [0.25, 0.3) is 17.7 Å². The molecule has 2 heterocycles. The Morgan fingerprint density at radius 3 is 2.21 bits per heavy atom. The van der Waals surface area contributed by atoms with Crippen LogP contribution in [0.4, 0.5) is 0 Å². The first kappa shape index (κ1) is 23.6. The summed E-state index contributed by atoms with van der Waals surface area (Å²) in [4.78, 5) is 57.7. The fourth-order valence-electron chi connectivity index (χ4n) is 4.35. The molecule has 3 amide bonds. The van der Waals surface area contributed by atoms with Gasteiger partial charge in [-0.25, -0.2) is 4.79 Å². The third kappa shape index (κ3) is 5.17. The van der Waals surface area contributed by atoms with Crippen LogP contribution in [0.15, 0.2) is 48.5 Å². The second kappa shape index (κ2) is 10.2. The molecule has 2 aromatic rings. The quantitative estimate of drug-likeness (QED) is 0.613. The number of imide groups is 1. The molecule has 4 rings (SSSR count). The third-order valence-corrected chi connectivity index (χ3v) is 6.36. The van der Waals surface area contributed by atoms with Gasteiger partial charge in [0.2, 0.25) is 0 Å². The Hall–Kier alpha value is -3.52. The van der Waals surface area contributed by atoms with Crippen molar-refractivity contribution in [3.63, 3.8) is 0 Å². The lowest BCUT2D eigenvalue weighted by molar-refractivity contribution is -0.201. The fourth-order valence-corrected chi connectivity index (χ4v) is 4.35. The molecule has 2 fully saturated rings. The number of carbonyl (C=O) groups is 4. The van der Waals surface area contributed by atoms with Gasteiger partial charge >= 0.3 is 5.97 Å². The van der Waals surface area contributed by atoms with Crippen molar-refractivity contribution in [1.82, 2.24) is 14.9 Å². The van der Waals surface area contributed by atoms with Crippen LogP contribution in [0.5, 0.6) is 0 Å². The van der Waals surface area contributed by atoms with Gasteiger partial charge in [-0.2, -0.15) is 0 Å². The maximum absolute atomic E-state index is 12.9. The number of amides is 3. The summed E-state index contributed by atoms with van der Waals surface area (Å²) in [6.07, 6.45) is 1.30. The molecule has 0 unspecified atom stereocenters. The van der Waals surface area contributed by atoms with Gasteiger partial charge in [0.05, 0.1) is 5.92 Å². The van der Waals surface area contributed by atoms with Crippen LogP contribution in [0.3, 0.4) is 0 Å². The molecule has 0 aliphatic carbocycles. The normalized spacial score (nSPS) is 17.2. The van der Waals surface area contributed by atoms with Crippen molar-refractivity contribution in [2.75, 3.05) is 27.2 Å². The molecule has 0 radical (unpaired) electrons. The minimum absolute atomic E-state index is 0.0498. The molecule has 8 heteroatoms. The number of likely N-dealkylation sites (tertiary alicyclic amines) is 1. The summed E-state index contributed by atoms with van der Waals surface area (Å²) >= 11 is 0. The van der Waals surface area contributed by atoms with E-state index in [1.165, 1.54) is 0 Å². The number of hydrogen-bond donors (Lipinski definition) is 0. The molecular weight excluding hydrogens is 434 g/mol. The van der Waals surface area contributed by atoms with Gasteiger partial charge in [-0.15, -0.1) is 5.06 Å². The first-order valence-corrected chi connectivity index (χ1v) is 11.5. The van der Waals surface area contributed by atoms with Crippen molar-refractivity contribution in [3.05, 3.63) is 59.7 Å². The molecule has 0 spiro atoms. The van der Waals surface area contributed by atoms with E-state index in [9.17, 15) is 19.2 Å². The maximum atomic E-state index is 12.9. The molecule has 8 nitrogen and oxygen atoms in total. The van der Waals surface area contributed by atoms with Gasteiger partial charge in [0.15, 0.2) is 0 Å². The van der Waals surface area contributed by atoms with E-state index in [0.717, 1.165) is 16.7 Å². The zero-order valence-electron chi connectivity index (χ0n) is 19.5. The first-order chi connectivity index (χ1) is 16.3. The number of benzene rings is 2. The van der Waals surface area contributed by atoms with Crippen LogP contribution < -0.4 is 0 Å². The summed E-state index contributed by atoms with van der Waals surface area (Å²) < 4.78 is 0. The van der Waals surface area contributed by atoms with Crippen molar-refractivity contribution in [2.24, 2.45) is 5.92 Å². The Kier molecular flexibility index (Phi) is 7.07. The van der Waals surface area contributed by atoms with Crippen molar-refractivity contribution in [1.29, 1.82) is 0 Å². The van der Waals surface area contributed by atoms with Crippen LogP contribution >= 0.6 is 0 Å². The van der Waals surface area contributed by atoms with Gasteiger partial charge in [0, 0.05) is 39.0 Å². The van der Waals surface area contributed by atoms with Gasteiger partial charge in [-0.05, 0) is 48.7 Å². The highest BCUT2D eigenvalue weighted by Crippen LogP contribution is 2.27. The van der Waals surface area contributed by atoms with Crippen LogP contribution in [0.1, 0.15) is 41.6 Å². The van der Waals surface area contributed by atoms with E-state index in [-0.39, 0.29) is 24.7 Å². The summed E-state index contributed by atoms with van der Waals surface area (Å²) in [5.41, 5.74) is 3.64. The zero-order valence-corrected chi connectivity index (χ0v) is 19.5. The monoisotopic (exact) mass is 463 g/mol. The lowest BCUT2D eigenvalue weighted by Crippen LogP contribution is -2.40. The second-order valence-corrected chi connectivity index (χ2v) is 8.98. The third-order valence-electron chi connectivity index (χ3n) is 6.36. The van der Waals surface area contributed by atoms with Gasteiger partial charge in [-0.3, -0.25) is 19.3 Å². The zero-order chi connectivity index (χ0) is 24.2. The van der Waals surface area contributed by atoms with Crippen molar-refractivity contribution in [2.45, 2.75) is 32.2 Å². The second-order valence-electron chi connectivity index (χ2n) is 8.98. The fraction of sp³-hybridized carbons (Fsp3) is 0.385. The predicted octanol–water partition coefficient (Wildman–Crippen LogP) is 2.87. The summed E-state index contributed by atoms with van der Waals surface area (Å²) in [5, 5.41) is 0.613. The highest BCUT2D eigenvalue weighted by atomic mass is 16.7. The SMILES string of the molecule is CN(C)C(=O)c1cc(-c2ccccc2)ccc1CN1CCC(C(=O)ON2C(=O)CCC2=O)CC1. The number of hydrogen-bond acceptors (Lipinski definition) is 6. The van der Waals surface area contributed by atoms with Gasteiger partial charge < -0.3 is 9.74 Å². The van der Waals surface area contributed by atoms with Crippen LogP contribution in [0, 0.1) is 5.92 Å². The Morgan fingerprint density at radius 1 is 0.941 bits per heavy atom. The number of hydroxylamine groups is 2. The largest absolute Gasteiger partial charge is 0.345 e. The van der Waals surface area contributed by atoms with Crippen molar-refractivity contribution in [3.8, 4) is 11.1 Å². The molecule has 34 heavy (non-hydrogen) atoms. The molecule has 2 saturated heterocycles. The average molecular weight is 464 g/mol. The molecule has 2 aliphatic heterocycles. The molecule has 0 atom stereocenters. The van der Waals surface area contributed by atoms with Crippen LogP contribution in [0.25, 0.3) is 11.1 Å². The van der Waals surface area contributed by atoms with E-state index in [2.05, 4.69) is 4.90 Å². The van der Waals surface area contributed by atoms with Gasteiger partial charge in [0.1, 0.15) is 0 Å². The molecule has 0 saturated carbocycles. The van der Waals surface area contributed by atoms with Crippen LogP contribution in [-0.4, -0.2) is 65.7 Å². The lowest BCUT2D eigenvalue weighted by Gasteiger charge is -2.31. The van der Waals surface area contributed by atoms with Crippen LogP contribution in [-0.2, 0) is 25.8 Å². The van der Waals surface area contributed by atoms with E-state index < -0.39 is 17.8 Å².